The summed E-state index contributed by atoms with van der Waals surface area (Å²) < 4.78 is 86.1. The Hall–Kier alpha value is -5.84. The van der Waals surface area contributed by atoms with Gasteiger partial charge in [0.2, 0.25) is 11.2 Å². The monoisotopic (exact) mass is 776 g/mol. The number of halogens is 5. The average molecular weight is 777 g/mol. The number of benzene rings is 3. The Morgan fingerprint density at radius 3 is 2.19 bits per heavy atom. The lowest BCUT2D eigenvalue weighted by molar-refractivity contribution is -0.167. The van der Waals surface area contributed by atoms with E-state index in [4.69, 9.17) is 14.2 Å². The van der Waals surface area contributed by atoms with Crippen molar-refractivity contribution < 1.29 is 65.2 Å². The minimum Gasteiger partial charge on any atom is -0.480 e. The van der Waals surface area contributed by atoms with E-state index in [0.717, 1.165) is 40.5 Å². The number of amides is 2. The highest BCUT2D eigenvalue weighted by molar-refractivity contribution is 7.10. The molecule has 0 saturated heterocycles. The highest BCUT2D eigenvalue weighted by Crippen LogP contribution is 2.36. The van der Waals surface area contributed by atoms with Crippen LogP contribution in [0.4, 0.5) is 32.4 Å². The maximum absolute atomic E-state index is 16.1. The van der Waals surface area contributed by atoms with Gasteiger partial charge in [-0.3, -0.25) is 19.2 Å². The number of carboxylic acids is 1. The van der Waals surface area contributed by atoms with Gasteiger partial charge in [0.15, 0.2) is 11.6 Å². The maximum atomic E-state index is 16.1. The van der Waals surface area contributed by atoms with Gasteiger partial charge in [0.05, 0.1) is 22.9 Å². The van der Waals surface area contributed by atoms with Gasteiger partial charge in [-0.2, -0.15) is 13.2 Å². The van der Waals surface area contributed by atoms with Crippen LogP contribution in [0.2, 0.25) is 0 Å². The van der Waals surface area contributed by atoms with Gasteiger partial charge in [-0.05, 0) is 60.5 Å². The molecule has 0 fully saturated rings. The number of nitrogens with one attached hydrogen (secondary N) is 1. The molecule has 286 valence electrons. The number of nitrogens with zero attached hydrogens (tertiary/aromatic N) is 1. The Morgan fingerprint density at radius 1 is 0.963 bits per heavy atom. The second kappa shape index (κ2) is 16.4. The predicted octanol–water partition coefficient (Wildman–Crippen LogP) is 7.85. The summed E-state index contributed by atoms with van der Waals surface area (Å²) in [6.07, 6.45) is -6.87. The number of carbonyl (C=O) groups is 5. The summed E-state index contributed by atoms with van der Waals surface area (Å²) in [7, 11) is 2.42. The second-order valence-electron chi connectivity index (χ2n) is 12.1. The molecule has 0 saturated carbocycles. The fraction of sp³-hybridized carbons (Fsp3) is 0.270. The Bertz CT molecular complexity index is 2070. The van der Waals surface area contributed by atoms with E-state index >= 15 is 8.78 Å². The quantitative estimate of drug-likeness (QED) is 0.0635. The maximum Gasteiger partial charge on any atom is 0.514 e. The van der Waals surface area contributed by atoms with Crippen molar-refractivity contribution in [2.75, 3.05) is 26.0 Å². The van der Waals surface area contributed by atoms with E-state index in [1.807, 2.05) is 0 Å². The number of thiophene rings is 1. The number of aliphatic carboxylic acids is 1. The largest absolute Gasteiger partial charge is 0.514 e. The number of esters is 1. The zero-order chi connectivity index (χ0) is 40.1. The van der Waals surface area contributed by atoms with Gasteiger partial charge < -0.3 is 29.5 Å². The summed E-state index contributed by atoms with van der Waals surface area (Å²) >= 11 is 0.845. The number of anilines is 1. The van der Waals surface area contributed by atoms with E-state index in [9.17, 15) is 42.3 Å². The van der Waals surface area contributed by atoms with Crippen molar-refractivity contribution in [2.45, 2.75) is 44.9 Å². The van der Waals surface area contributed by atoms with E-state index in [1.165, 1.54) is 57.6 Å². The van der Waals surface area contributed by atoms with E-state index < -0.39 is 88.4 Å². The molecule has 0 aliphatic carbocycles. The van der Waals surface area contributed by atoms with E-state index in [1.54, 1.807) is 13.0 Å². The third-order valence-corrected chi connectivity index (χ3v) is 9.23. The van der Waals surface area contributed by atoms with Crippen molar-refractivity contribution in [3.05, 3.63) is 105 Å². The number of ether oxygens (including phenoxy) is 3. The van der Waals surface area contributed by atoms with Crippen molar-refractivity contribution in [1.29, 1.82) is 0 Å². The molecule has 2 amide bonds. The lowest BCUT2D eigenvalue weighted by Crippen LogP contribution is -2.49. The van der Waals surface area contributed by atoms with Crippen molar-refractivity contribution >= 4 is 46.9 Å². The van der Waals surface area contributed by atoms with Crippen LogP contribution in [0.15, 0.2) is 66.0 Å². The standard InChI is InChI=1S/C37H33F5N2O9S/c1-6-20(3)52-34(49)36(33(47)48,26-11-8-16-54-26)18-51-35(50)53-30-24(38)17-25(28(29(30)39)32(46)44(4)5)43-31(45)27-19(2)9-7-10-23(27)21-12-14-22(15-13-21)37(40,41)42/h7-17,20H,6,18H2,1-5H3,(H,43,45)(H,47,48). The van der Waals surface area contributed by atoms with Gasteiger partial charge in [-0.15, -0.1) is 11.3 Å². The van der Waals surface area contributed by atoms with Crippen molar-refractivity contribution in [3.8, 4) is 16.9 Å². The molecule has 3 aromatic carbocycles. The lowest BCUT2D eigenvalue weighted by Gasteiger charge is -2.27. The number of hydrogen-bond acceptors (Lipinski definition) is 9. The fourth-order valence-corrected chi connectivity index (χ4v) is 6.00. The average Bonchev–Trinajstić information content (AvgIpc) is 3.65. The minimum atomic E-state index is -4.62. The summed E-state index contributed by atoms with van der Waals surface area (Å²) in [5.74, 6) is -9.96. The van der Waals surface area contributed by atoms with Crippen LogP contribution >= 0.6 is 11.3 Å². The van der Waals surface area contributed by atoms with Gasteiger partial charge in [0.1, 0.15) is 12.2 Å². The summed E-state index contributed by atoms with van der Waals surface area (Å²) in [6, 6.07) is 11.7. The van der Waals surface area contributed by atoms with E-state index in [-0.39, 0.29) is 21.6 Å². The summed E-state index contributed by atoms with van der Waals surface area (Å²) in [4.78, 5) is 66.3. The Balaban J connectivity index is 1.68. The molecule has 54 heavy (non-hydrogen) atoms. The normalized spacial score (nSPS) is 12.9. The summed E-state index contributed by atoms with van der Waals surface area (Å²) in [6.45, 7) is 3.49. The van der Waals surface area contributed by atoms with Crippen molar-refractivity contribution in [2.24, 2.45) is 0 Å². The molecule has 4 aromatic rings. The molecule has 1 aromatic heterocycles. The summed E-state index contributed by atoms with van der Waals surface area (Å²) in [5.41, 5.74) is -4.57. The van der Waals surface area contributed by atoms with Crippen LogP contribution < -0.4 is 10.1 Å². The number of alkyl halides is 3. The molecule has 0 spiro atoms. The van der Waals surface area contributed by atoms with E-state index in [2.05, 4.69) is 5.32 Å². The van der Waals surface area contributed by atoms with Crippen LogP contribution in [0.25, 0.3) is 11.1 Å². The van der Waals surface area contributed by atoms with Crippen molar-refractivity contribution in [1.82, 2.24) is 4.90 Å². The first-order valence-corrected chi connectivity index (χ1v) is 16.9. The molecule has 0 radical (unpaired) electrons. The Kier molecular flexibility index (Phi) is 12.5. The topological polar surface area (TPSA) is 149 Å². The zero-order valence-electron chi connectivity index (χ0n) is 29.3. The van der Waals surface area contributed by atoms with Crippen LogP contribution in [-0.2, 0) is 30.7 Å². The first-order valence-electron chi connectivity index (χ1n) is 16.0. The zero-order valence-corrected chi connectivity index (χ0v) is 30.1. The van der Waals surface area contributed by atoms with Gasteiger partial charge in [-0.25, -0.2) is 13.6 Å². The predicted molar refractivity (Wildman–Crippen MR) is 185 cm³/mol. The molecule has 0 bridgehead atoms. The summed E-state index contributed by atoms with van der Waals surface area (Å²) in [5, 5.41) is 13.9. The van der Waals surface area contributed by atoms with Crippen LogP contribution in [-0.4, -0.2) is 66.7 Å². The first kappa shape index (κ1) is 40.9. The SMILES string of the molecule is CCC(C)OC(=O)C(COC(=O)Oc1c(F)cc(NC(=O)c2c(C)cccc2-c2ccc(C(F)(F)F)cc2)c(C(=O)N(C)C)c1F)(C(=O)O)c1cccs1. The molecule has 1 heterocycles. The van der Waals surface area contributed by atoms with Gasteiger partial charge in [-0.1, -0.05) is 43.3 Å². The third-order valence-electron chi connectivity index (χ3n) is 8.20. The number of aryl methyl sites for hydroxylation is 1. The highest BCUT2D eigenvalue weighted by atomic mass is 32.1. The van der Waals surface area contributed by atoms with Crippen LogP contribution in [0.1, 0.15) is 57.0 Å². The molecule has 11 nitrogen and oxygen atoms in total. The number of carbonyl (C=O) groups excluding carboxylic acids is 4. The molecule has 2 atom stereocenters. The number of carboxylic acid groups (broad SMARTS) is 1. The smallest absolute Gasteiger partial charge is 0.480 e. The van der Waals surface area contributed by atoms with Gasteiger partial charge in [0.25, 0.3) is 11.8 Å². The van der Waals surface area contributed by atoms with Crippen LogP contribution in [0.3, 0.4) is 0 Å². The first-order chi connectivity index (χ1) is 25.3. The Morgan fingerprint density at radius 2 is 1.63 bits per heavy atom. The molecular weight excluding hydrogens is 743 g/mol. The minimum absolute atomic E-state index is 0.0810. The van der Waals surface area contributed by atoms with Gasteiger partial charge in [0, 0.05) is 25.0 Å². The number of rotatable bonds is 12. The lowest BCUT2D eigenvalue weighted by atomic mass is 9.87. The van der Waals surface area contributed by atoms with Crippen LogP contribution in [0, 0.1) is 18.6 Å². The molecule has 2 unspecified atom stereocenters. The molecule has 4 rings (SSSR count). The highest BCUT2D eigenvalue weighted by Gasteiger charge is 2.53. The molecule has 0 aliphatic heterocycles. The fourth-order valence-electron chi connectivity index (χ4n) is 5.11. The Labute approximate surface area is 309 Å². The molecular formula is C37H33F5N2O9S. The number of hydrogen-bond donors (Lipinski definition) is 2. The van der Waals surface area contributed by atoms with Crippen molar-refractivity contribution in [3.63, 3.8) is 0 Å². The van der Waals surface area contributed by atoms with Gasteiger partial charge >= 0.3 is 24.3 Å². The second-order valence-corrected chi connectivity index (χ2v) is 13.1. The molecule has 2 N–H and O–H groups in total. The van der Waals surface area contributed by atoms with Crippen LogP contribution in [0.5, 0.6) is 5.75 Å². The molecule has 0 aliphatic rings. The third kappa shape index (κ3) is 8.51. The van der Waals surface area contributed by atoms with E-state index in [0.29, 0.717) is 18.1 Å². The molecule has 17 heteroatoms.